The van der Waals surface area contributed by atoms with Gasteiger partial charge in [-0.05, 0) is 46.3 Å². The van der Waals surface area contributed by atoms with Crippen molar-refractivity contribution in [3.63, 3.8) is 0 Å². The number of nitrogens with one attached hydrogen (secondary N) is 1. The fourth-order valence-electron chi connectivity index (χ4n) is 1.55. The van der Waals surface area contributed by atoms with Gasteiger partial charge in [0.1, 0.15) is 5.15 Å². The zero-order valence-electron chi connectivity index (χ0n) is 10.2. The minimum Gasteiger partial charge on any atom is -0.322 e. The Morgan fingerprint density at radius 3 is 2.57 bits per heavy atom. The normalized spacial score (nSPS) is 11.3. The third kappa shape index (κ3) is 3.95. The number of halogens is 5. The van der Waals surface area contributed by atoms with Crippen molar-refractivity contribution < 1.29 is 18.0 Å². The van der Waals surface area contributed by atoms with Crippen molar-refractivity contribution in [3.8, 4) is 0 Å². The smallest absolute Gasteiger partial charge is 0.322 e. The molecule has 2 aromatic rings. The van der Waals surface area contributed by atoms with Crippen LogP contribution in [-0.4, -0.2) is 10.9 Å². The molecular weight excluding hydrogens is 373 g/mol. The van der Waals surface area contributed by atoms with E-state index in [1.807, 2.05) is 0 Å². The predicted molar refractivity (Wildman–Crippen MR) is 76.3 cm³/mol. The molecule has 0 aliphatic carbocycles. The highest BCUT2D eigenvalue weighted by molar-refractivity contribution is 9.10. The fraction of sp³-hybridized carbons (Fsp3) is 0.0769. The average molecular weight is 380 g/mol. The first-order chi connectivity index (χ1) is 9.77. The van der Waals surface area contributed by atoms with Gasteiger partial charge in [0, 0.05) is 16.4 Å². The monoisotopic (exact) mass is 378 g/mol. The molecule has 2 rings (SSSR count). The molecule has 0 radical (unpaired) electrons. The summed E-state index contributed by atoms with van der Waals surface area (Å²) in [5, 5.41) is 2.62. The molecule has 1 N–H and O–H groups in total. The topological polar surface area (TPSA) is 42.0 Å². The number of pyridine rings is 1. The maximum absolute atomic E-state index is 12.7. The molecule has 1 aromatic heterocycles. The molecule has 0 saturated carbocycles. The van der Waals surface area contributed by atoms with Crippen molar-refractivity contribution in [1.29, 1.82) is 0 Å². The molecule has 8 heteroatoms. The van der Waals surface area contributed by atoms with Gasteiger partial charge in [-0.15, -0.1) is 0 Å². The fourth-order valence-corrected chi connectivity index (χ4v) is 2.15. The van der Waals surface area contributed by atoms with Gasteiger partial charge in [-0.3, -0.25) is 4.79 Å². The van der Waals surface area contributed by atoms with Gasteiger partial charge in [0.15, 0.2) is 0 Å². The predicted octanol–water partition coefficient (Wildman–Crippen LogP) is 4.77. The summed E-state index contributed by atoms with van der Waals surface area (Å²) in [4.78, 5) is 15.8. The lowest BCUT2D eigenvalue weighted by Gasteiger charge is -2.11. The molecule has 0 spiro atoms. The SMILES string of the molecule is O=C(Nc1ccnc(Cl)c1)c1cc(C(F)(F)F)ccc1Br. The van der Waals surface area contributed by atoms with E-state index < -0.39 is 17.6 Å². The molecule has 21 heavy (non-hydrogen) atoms. The number of alkyl halides is 3. The summed E-state index contributed by atoms with van der Waals surface area (Å²) in [6, 6.07) is 5.72. The lowest BCUT2D eigenvalue weighted by molar-refractivity contribution is -0.137. The Morgan fingerprint density at radius 1 is 1.24 bits per heavy atom. The molecular formula is C13H7BrClF3N2O. The summed E-state index contributed by atoms with van der Waals surface area (Å²) >= 11 is 8.73. The van der Waals surface area contributed by atoms with Crippen LogP contribution in [0.3, 0.4) is 0 Å². The molecule has 0 saturated heterocycles. The molecule has 110 valence electrons. The maximum atomic E-state index is 12.7. The molecule has 3 nitrogen and oxygen atoms in total. The van der Waals surface area contributed by atoms with Crippen molar-refractivity contribution in [1.82, 2.24) is 4.98 Å². The summed E-state index contributed by atoms with van der Waals surface area (Å²) in [5.41, 5.74) is -0.689. The van der Waals surface area contributed by atoms with Crippen LogP contribution in [0.2, 0.25) is 5.15 Å². The van der Waals surface area contributed by atoms with Crippen LogP contribution in [0.1, 0.15) is 15.9 Å². The van der Waals surface area contributed by atoms with Crippen LogP contribution in [0, 0.1) is 0 Å². The van der Waals surface area contributed by atoms with E-state index in [2.05, 4.69) is 26.2 Å². The van der Waals surface area contributed by atoms with Crippen LogP contribution >= 0.6 is 27.5 Å². The summed E-state index contributed by atoms with van der Waals surface area (Å²) < 4.78 is 38.3. The van der Waals surface area contributed by atoms with E-state index in [9.17, 15) is 18.0 Å². The molecule has 1 amide bonds. The average Bonchev–Trinajstić information content (AvgIpc) is 2.37. The van der Waals surface area contributed by atoms with Crippen molar-refractivity contribution in [2.45, 2.75) is 6.18 Å². The minimum atomic E-state index is -4.52. The van der Waals surface area contributed by atoms with Crippen LogP contribution < -0.4 is 5.32 Å². The van der Waals surface area contributed by atoms with Crippen molar-refractivity contribution in [3.05, 3.63) is 57.3 Å². The number of anilines is 1. The van der Waals surface area contributed by atoms with Crippen LogP contribution in [0.5, 0.6) is 0 Å². The summed E-state index contributed by atoms with van der Waals surface area (Å²) in [5.74, 6) is -0.685. The second-order valence-electron chi connectivity index (χ2n) is 4.01. The van der Waals surface area contributed by atoms with E-state index in [1.165, 1.54) is 24.4 Å². The van der Waals surface area contributed by atoms with Crippen molar-refractivity contribution in [2.24, 2.45) is 0 Å². The number of carbonyl (C=O) groups excluding carboxylic acids is 1. The summed E-state index contributed by atoms with van der Waals surface area (Å²) in [6.07, 6.45) is -3.14. The van der Waals surface area contributed by atoms with Gasteiger partial charge >= 0.3 is 6.18 Å². The summed E-state index contributed by atoms with van der Waals surface area (Å²) in [7, 11) is 0. The van der Waals surface area contributed by atoms with E-state index in [4.69, 9.17) is 11.6 Å². The molecule has 0 atom stereocenters. The number of benzene rings is 1. The Balaban J connectivity index is 2.31. The van der Waals surface area contributed by atoms with Gasteiger partial charge in [-0.2, -0.15) is 13.2 Å². The zero-order chi connectivity index (χ0) is 15.6. The largest absolute Gasteiger partial charge is 0.416 e. The van der Waals surface area contributed by atoms with Crippen LogP contribution in [0.25, 0.3) is 0 Å². The van der Waals surface area contributed by atoms with E-state index in [0.717, 1.165) is 12.1 Å². The van der Waals surface area contributed by atoms with E-state index in [0.29, 0.717) is 5.69 Å². The maximum Gasteiger partial charge on any atom is 0.416 e. The number of amides is 1. The lowest BCUT2D eigenvalue weighted by atomic mass is 10.1. The van der Waals surface area contributed by atoms with Crippen molar-refractivity contribution >= 4 is 39.1 Å². The van der Waals surface area contributed by atoms with Crippen LogP contribution in [0.4, 0.5) is 18.9 Å². The molecule has 0 aliphatic rings. The Hall–Kier alpha value is -1.60. The van der Waals surface area contributed by atoms with Gasteiger partial charge in [0.2, 0.25) is 0 Å². The van der Waals surface area contributed by atoms with Gasteiger partial charge in [0.05, 0.1) is 11.1 Å². The van der Waals surface area contributed by atoms with E-state index >= 15 is 0 Å². The number of nitrogens with zero attached hydrogens (tertiary/aromatic N) is 1. The van der Waals surface area contributed by atoms with Crippen molar-refractivity contribution in [2.75, 3.05) is 5.32 Å². The van der Waals surface area contributed by atoms with Gasteiger partial charge in [-0.25, -0.2) is 4.98 Å². The van der Waals surface area contributed by atoms with Crippen LogP contribution in [-0.2, 0) is 6.18 Å². The highest BCUT2D eigenvalue weighted by Crippen LogP contribution is 2.32. The van der Waals surface area contributed by atoms with Gasteiger partial charge in [0.25, 0.3) is 5.91 Å². The number of aromatic nitrogens is 1. The molecule has 0 fully saturated rings. The lowest BCUT2D eigenvalue weighted by Crippen LogP contribution is -2.14. The third-order valence-electron chi connectivity index (χ3n) is 2.52. The number of rotatable bonds is 2. The van der Waals surface area contributed by atoms with Crippen LogP contribution in [0.15, 0.2) is 41.0 Å². The molecule has 0 aliphatic heterocycles. The number of hydrogen-bond donors (Lipinski definition) is 1. The first-order valence-electron chi connectivity index (χ1n) is 5.57. The molecule has 0 unspecified atom stereocenters. The Bertz CT molecular complexity index is 691. The second kappa shape index (κ2) is 6.03. The third-order valence-corrected chi connectivity index (χ3v) is 3.42. The Morgan fingerprint density at radius 2 is 1.95 bits per heavy atom. The number of hydrogen-bond acceptors (Lipinski definition) is 2. The van der Waals surface area contributed by atoms with E-state index in [-0.39, 0.29) is 15.2 Å². The second-order valence-corrected chi connectivity index (χ2v) is 5.26. The highest BCUT2D eigenvalue weighted by atomic mass is 79.9. The Labute approximate surface area is 131 Å². The van der Waals surface area contributed by atoms with Gasteiger partial charge in [-0.1, -0.05) is 11.6 Å². The molecule has 1 heterocycles. The first kappa shape index (κ1) is 15.8. The minimum absolute atomic E-state index is 0.127. The molecule has 0 bridgehead atoms. The molecule has 1 aromatic carbocycles. The first-order valence-corrected chi connectivity index (χ1v) is 6.74. The Kier molecular flexibility index (Phi) is 4.53. The summed E-state index contributed by atoms with van der Waals surface area (Å²) in [6.45, 7) is 0. The van der Waals surface area contributed by atoms with Gasteiger partial charge < -0.3 is 5.32 Å². The quantitative estimate of drug-likeness (QED) is 0.764. The highest BCUT2D eigenvalue weighted by Gasteiger charge is 2.31. The van der Waals surface area contributed by atoms with E-state index in [1.54, 1.807) is 0 Å². The standard InChI is InChI=1S/C13H7BrClF3N2O/c14-10-2-1-7(13(16,17)18)5-9(10)12(21)20-8-3-4-19-11(15)6-8/h1-6H,(H,19,20,21). The zero-order valence-corrected chi connectivity index (χ0v) is 12.6. The number of carbonyl (C=O) groups is 1.